The van der Waals surface area contributed by atoms with Gasteiger partial charge in [-0.2, -0.15) is 0 Å². The highest BCUT2D eigenvalue weighted by Crippen LogP contribution is 2.22. The van der Waals surface area contributed by atoms with Gasteiger partial charge in [-0.25, -0.2) is 0 Å². The Labute approximate surface area is 135 Å². The first kappa shape index (κ1) is 15.0. The number of thiocarbonyl (C=S) groups is 1. The zero-order valence-corrected chi connectivity index (χ0v) is 13.8. The number of fused-ring (bicyclic) bond motifs is 1. The summed E-state index contributed by atoms with van der Waals surface area (Å²) in [5, 5.41) is 7.35. The molecule has 3 rings (SSSR count). The van der Waals surface area contributed by atoms with Gasteiger partial charge in [-0.1, -0.05) is 18.3 Å². The van der Waals surface area contributed by atoms with Crippen LogP contribution in [0.15, 0.2) is 18.2 Å². The first-order valence-corrected chi connectivity index (χ1v) is 8.10. The third kappa shape index (κ3) is 2.86. The van der Waals surface area contributed by atoms with E-state index in [2.05, 4.69) is 47.7 Å². The third-order valence-corrected chi connectivity index (χ3v) is 4.87. The van der Waals surface area contributed by atoms with E-state index < -0.39 is 0 Å². The maximum Gasteiger partial charge on any atom is 0.230 e. The molecule has 22 heavy (non-hydrogen) atoms. The molecular weight excluding hydrogens is 294 g/mol. The molecule has 4 nitrogen and oxygen atoms in total. The maximum absolute atomic E-state index is 12.3. The molecule has 116 valence electrons. The molecule has 0 aliphatic carbocycles. The molecule has 1 atom stereocenters. The van der Waals surface area contributed by atoms with Crippen LogP contribution in [0.3, 0.4) is 0 Å². The minimum Gasteiger partial charge on any atom is -0.379 e. The van der Waals surface area contributed by atoms with Gasteiger partial charge in [0.25, 0.3) is 0 Å². The molecule has 0 radical (unpaired) electrons. The molecule has 1 aliphatic heterocycles. The lowest BCUT2D eigenvalue weighted by molar-refractivity contribution is -0.123. The zero-order valence-electron chi connectivity index (χ0n) is 13.0. The molecule has 5 heteroatoms. The predicted molar refractivity (Wildman–Crippen MR) is 92.9 cm³/mol. The van der Waals surface area contributed by atoms with E-state index in [1.807, 2.05) is 0 Å². The van der Waals surface area contributed by atoms with Crippen molar-refractivity contribution >= 4 is 34.0 Å². The molecule has 2 aromatic rings. The van der Waals surface area contributed by atoms with Crippen molar-refractivity contribution in [2.75, 3.05) is 6.54 Å². The van der Waals surface area contributed by atoms with E-state index in [1.54, 1.807) is 0 Å². The van der Waals surface area contributed by atoms with Gasteiger partial charge in [-0.3, -0.25) is 4.79 Å². The molecule has 3 N–H and O–H groups in total. The molecule has 0 bridgehead atoms. The molecule has 1 aliphatic rings. The number of piperidine rings is 1. The van der Waals surface area contributed by atoms with Crippen molar-refractivity contribution in [3.63, 3.8) is 0 Å². The fourth-order valence-corrected chi connectivity index (χ4v) is 3.28. The van der Waals surface area contributed by atoms with E-state index in [1.165, 1.54) is 16.6 Å². The summed E-state index contributed by atoms with van der Waals surface area (Å²) < 4.78 is 0. The van der Waals surface area contributed by atoms with Gasteiger partial charge in [0.15, 0.2) is 0 Å². The Hall–Kier alpha value is -1.88. The number of aromatic nitrogens is 1. The van der Waals surface area contributed by atoms with Crippen molar-refractivity contribution < 1.29 is 4.79 Å². The monoisotopic (exact) mass is 315 g/mol. The molecule has 1 amide bonds. The summed E-state index contributed by atoms with van der Waals surface area (Å²) in [4.78, 5) is 16.3. The fraction of sp³-hybridized carbons (Fsp3) is 0.412. The van der Waals surface area contributed by atoms with Crippen LogP contribution in [0.5, 0.6) is 0 Å². The smallest absolute Gasteiger partial charge is 0.230 e. The molecular formula is C17H21N3OS. The Balaban J connectivity index is 1.69. The maximum atomic E-state index is 12.3. The zero-order chi connectivity index (χ0) is 15.7. The number of carbonyl (C=O) groups excluding carboxylic acids is 1. The van der Waals surface area contributed by atoms with Crippen LogP contribution in [0.2, 0.25) is 0 Å². The normalized spacial score (nSPS) is 18.3. The molecule has 0 saturated carbocycles. The summed E-state index contributed by atoms with van der Waals surface area (Å²) in [5.41, 5.74) is 4.70. The number of carbonyl (C=O) groups is 1. The molecule has 1 aromatic heterocycles. The Kier molecular flexibility index (Phi) is 4.16. The minimum absolute atomic E-state index is 0.0271. The number of amides is 1. The third-order valence-electron chi connectivity index (χ3n) is 4.44. The van der Waals surface area contributed by atoms with Crippen molar-refractivity contribution in [2.45, 2.75) is 33.2 Å². The van der Waals surface area contributed by atoms with Crippen LogP contribution >= 0.6 is 12.2 Å². The van der Waals surface area contributed by atoms with Crippen LogP contribution in [-0.2, 0) is 11.3 Å². The lowest BCUT2D eigenvalue weighted by Crippen LogP contribution is -2.43. The predicted octanol–water partition coefficient (Wildman–Crippen LogP) is 2.73. The molecule has 0 spiro atoms. The van der Waals surface area contributed by atoms with Crippen molar-refractivity contribution in [2.24, 2.45) is 5.92 Å². The van der Waals surface area contributed by atoms with Gasteiger partial charge in [0, 0.05) is 29.7 Å². The Morgan fingerprint density at radius 2 is 2.23 bits per heavy atom. The quantitative estimate of drug-likeness (QED) is 0.763. The number of H-pyrrole nitrogens is 1. The van der Waals surface area contributed by atoms with Gasteiger partial charge in [-0.15, -0.1) is 0 Å². The van der Waals surface area contributed by atoms with E-state index in [0.29, 0.717) is 11.5 Å². The summed E-state index contributed by atoms with van der Waals surface area (Å²) in [6.07, 6.45) is 1.83. The summed E-state index contributed by atoms with van der Waals surface area (Å²) in [6, 6.07) is 6.27. The highest BCUT2D eigenvalue weighted by molar-refractivity contribution is 7.80. The van der Waals surface area contributed by atoms with Crippen LogP contribution in [-0.4, -0.2) is 22.4 Å². The van der Waals surface area contributed by atoms with E-state index in [0.717, 1.165) is 30.5 Å². The molecule has 1 aromatic carbocycles. The van der Waals surface area contributed by atoms with Crippen LogP contribution in [0.1, 0.15) is 29.7 Å². The lowest BCUT2D eigenvalue weighted by atomic mass is 9.98. The van der Waals surface area contributed by atoms with E-state index in [9.17, 15) is 4.79 Å². The minimum atomic E-state index is -0.177. The van der Waals surface area contributed by atoms with Crippen molar-refractivity contribution in [1.29, 1.82) is 0 Å². The number of hydrogen-bond acceptors (Lipinski definition) is 2. The highest BCUT2D eigenvalue weighted by atomic mass is 32.1. The number of hydrogen-bond donors (Lipinski definition) is 3. The van der Waals surface area contributed by atoms with E-state index in [-0.39, 0.29) is 11.8 Å². The number of nitrogens with one attached hydrogen (secondary N) is 3. The van der Waals surface area contributed by atoms with E-state index >= 15 is 0 Å². The second kappa shape index (κ2) is 6.08. The standard InChI is InChI=1S/C17H21N3OS/c1-10-11(2)20-15-6-5-12(8-14(10)15)9-19-16(21)13-4-3-7-18-17(13)22/h5-6,8,13,20H,3-4,7,9H2,1-2H3,(H,18,22)(H,19,21). The van der Waals surface area contributed by atoms with E-state index in [4.69, 9.17) is 12.2 Å². The topological polar surface area (TPSA) is 56.9 Å². The summed E-state index contributed by atoms with van der Waals surface area (Å²) in [6.45, 7) is 5.61. The average Bonchev–Trinajstić information content (AvgIpc) is 2.80. The van der Waals surface area contributed by atoms with Gasteiger partial charge in [-0.05, 0) is 49.9 Å². The van der Waals surface area contributed by atoms with Crippen molar-refractivity contribution in [1.82, 2.24) is 15.6 Å². The second-order valence-electron chi connectivity index (χ2n) is 5.96. The van der Waals surface area contributed by atoms with Crippen LogP contribution < -0.4 is 10.6 Å². The SMILES string of the molecule is Cc1[nH]c2ccc(CNC(=O)C3CCCNC3=S)cc2c1C. The largest absolute Gasteiger partial charge is 0.379 e. The lowest BCUT2D eigenvalue weighted by Gasteiger charge is -2.23. The Morgan fingerprint density at radius 1 is 1.41 bits per heavy atom. The van der Waals surface area contributed by atoms with Crippen molar-refractivity contribution in [3.05, 3.63) is 35.0 Å². The summed E-state index contributed by atoms with van der Waals surface area (Å²) in [5.74, 6) is -0.150. The van der Waals surface area contributed by atoms with Gasteiger partial charge < -0.3 is 15.6 Å². The highest BCUT2D eigenvalue weighted by Gasteiger charge is 2.25. The first-order valence-electron chi connectivity index (χ1n) is 7.69. The summed E-state index contributed by atoms with van der Waals surface area (Å²) >= 11 is 5.24. The fourth-order valence-electron chi connectivity index (χ4n) is 2.95. The molecule has 2 heterocycles. The number of aryl methyl sites for hydroxylation is 2. The number of benzene rings is 1. The molecule has 1 fully saturated rings. The molecule has 1 saturated heterocycles. The Morgan fingerprint density at radius 3 is 3.00 bits per heavy atom. The average molecular weight is 315 g/mol. The number of aromatic amines is 1. The Bertz CT molecular complexity index is 735. The van der Waals surface area contributed by atoms with Gasteiger partial charge >= 0.3 is 0 Å². The van der Waals surface area contributed by atoms with Crippen LogP contribution in [0.4, 0.5) is 0 Å². The van der Waals surface area contributed by atoms with Crippen LogP contribution in [0, 0.1) is 19.8 Å². The number of rotatable bonds is 3. The van der Waals surface area contributed by atoms with Crippen molar-refractivity contribution in [3.8, 4) is 0 Å². The summed E-state index contributed by atoms with van der Waals surface area (Å²) in [7, 11) is 0. The van der Waals surface area contributed by atoms with Crippen LogP contribution in [0.25, 0.3) is 10.9 Å². The second-order valence-corrected chi connectivity index (χ2v) is 6.40. The first-order chi connectivity index (χ1) is 10.6. The van der Waals surface area contributed by atoms with Gasteiger partial charge in [0.05, 0.1) is 10.9 Å². The van der Waals surface area contributed by atoms with Gasteiger partial charge in [0.2, 0.25) is 5.91 Å². The molecule has 1 unspecified atom stereocenters. The van der Waals surface area contributed by atoms with Gasteiger partial charge in [0.1, 0.15) is 0 Å².